The molecular formula is C13H16N2O5. The standard InChI is InChI=1S/C13H16N2O5/c1-3-19-11-6-4-10(5-7-11)13(18)20-8-12(17)15-14-9(2)16/h4-7H,3,8H2,1-2H3,(H,14,16)(H,15,17). The largest absolute Gasteiger partial charge is 0.494 e. The zero-order valence-corrected chi connectivity index (χ0v) is 11.3. The van der Waals surface area contributed by atoms with Crippen LogP contribution in [0.25, 0.3) is 0 Å². The molecule has 0 atom stereocenters. The molecule has 0 aromatic heterocycles. The Labute approximate surface area is 116 Å². The van der Waals surface area contributed by atoms with Gasteiger partial charge in [-0.25, -0.2) is 4.79 Å². The normalized spacial score (nSPS) is 9.50. The lowest BCUT2D eigenvalue weighted by molar-refractivity contribution is -0.129. The fraction of sp³-hybridized carbons (Fsp3) is 0.308. The van der Waals surface area contributed by atoms with Crippen molar-refractivity contribution in [3.63, 3.8) is 0 Å². The third-order valence-electron chi connectivity index (χ3n) is 2.11. The Hall–Kier alpha value is -2.57. The van der Waals surface area contributed by atoms with Crippen molar-refractivity contribution in [1.82, 2.24) is 10.9 Å². The molecule has 108 valence electrons. The Balaban J connectivity index is 2.42. The number of hydrazine groups is 1. The van der Waals surface area contributed by atoms with E-state index in [1.807, 2.05) is 6.92 Å². The van der Waals surface area contributed by atoms with Gasteiger partial charge < -0.3 is 9.47 Å². The smallest absolute Gasteiger partial charge is 0.338 e. The maximum atomic E-state index is 11.6. The summed E-state index contributed by atoms with van der Waals surface area (Å²) < 4.78 is 10.0. The molecule has 1 aromatic carbocycles. The minimum atomic E-state index is -0.633. The minimum Gasteiger partial charge on any atom is -0.494 e. The van der Waals surface area contributed by atoms with Crippen molar-refractivity contribution < 1.29 is 23.9 Å². The summed E-state index contributed by atoms with van der Waals surface area (Å²) in [4.78, 5) is 33.4. The first-order valence-electron chi connectivity index (χ1n) is 5.98. The number of benzene rings is 1. The van der Waals surface area contributed by atoms with E-state index in [4.69, 9.17) is 9.47 Å². The predicted molar refractivity (Wildman–Crippen MR) is 69.9 cm³/mol. The van der Waals surface area contributed by atoms with Gasteiger partial charge in [-0.2, -0.15) is 0 Å². The van der Waals surface area contributed by atoms with Gasteiger partial charge in [-0.3, -0.25) is 20.4 Å². The van der Waals surface area contributed by atoms with E-state index >= 15 is 0 Å². The number of hydrogen-bond donors (Lipinski definition) is 2. The molecule has 7 nitrogen and oxygen atoms in total. The van der Waals surface area contributed by atoms with Gasteiger partial charge in [0.25, 0.3) is 5.91 Å². The highest BCUT2D eigenvalue weighted by Gasteiger charge is 2.10. The van der Waals surface area contributed by atoms with Crippen molar-refractivity contribution in [3.8, 4) is 5.75 Å². The summed E-state index contributed by atoms with van der Waals surface area (Å²) in [7, 11) is 0. The summed E-state index contributed by atoms with van der Waals surface area (Å²) in [6.45, 7) is 3.15. The monoisotopic (exact) mass is 280 g/mol. The quantitative estimate of drug-likeness (QED) is 0.602. The van der Waals surface area contributed by atoms with E-state index in [9.17, 15) is 14.4 Å². The molecule has 0 saturated carbocycles. The fourth-order valence-corrected chi connectivity index (χ4v) is 1.26. The van der Waals surface area contributed by atoms with Gasteiger partial charge in [-0.1, -0.05) is 0 Å². The summed E-state index contributed by atoms with van der Waals surface area (Å²) in [5, 5.41) is 0. The lowest BCUT2D eigenvalue weighted by atomic mass is 10.2. The molecule has 7 heteroatoms. The lowest BCUT2D eigenvalue weighted by Gasteiger charge is -2.07. The number of rotatable bonds is 5. The molecule has 1 aromatic rings. The van der Waals surface area contributed by atoms with E-state index in [-0.39, 0.29) is 0 Å². The number of ether oxygens (including phenoxy) is 2. The number of carbonyl (C=O) groups is 3. The lowest BCUT2D eigenvalue weighted by Crippen LogP contribution is -2.42. The maximum absolute atomic E-state index is 11.6. The first-order valence-corrected chi connectivity index (χ1v) is 5.98. The predicted octanol–water partition coefficient (Wildman–Crippen LogP) is 0.409. The highest BCUT2D eigenvalue weighted by atomic mass is 16.5. The Morgan fingerprint density at radius 2 is 1.75 bits per heavy atom. The molecule has 0 bridgehead atoms. The van der Waals surface area contributed by atoms with Crippen molar-refractivity contribution in [1.29, 1.82) is 0 Å². The van der Waals surface area contributed by atoms with Gasteiger partial charge in [0.05, 0.1) is 12.2 Å². The highest BCUT2D eigenvalue weighted by molar-refractivity contribution is 5.91. The molecule has 0 spiro atoms. The van der Waals surface area contributed by atoms with Crippen LogP contribution in [0.2, 0.25) is 0 Å². The summed E-state index contributed by atoms with van der Waals surface area (Å²) in [5.41, 5.74) is 4.47. The zero-order valence-electron chi connectivity index (χ0n) is 11.3. The van der Waals surface area contributed by atoms with Gasteiger partial charge in [0.15, 0.2) is 6.61 Å². The minimum absolute atomic E-state index is 0.306. The van der Waals surface area contributed by atoms with E-state index in [1.165, 1.54) is 6.92 Å². The topological polar surface area (TPSA) is 93.7 Å². The fourth-order valence-electron chi connectivity index (χ4n) is 1.26. The van der Waals surface area contributed by atoms with Crippen LogP contribution in [0.3, 0.4) is 0 Å². The third-order valence-corrected chi connectivity index (χ3v) is 2.11. The van der Waals surface area contributed by atoms with Gasteiger partial charge in [-0.15, -0.1) is 0 Å². The average Bonchev–Trinajstić information content (AvgIpc) is 2.43. The molecule has 0 radical (unpaired) electrons. The van der Waals surface area contributed by atoms with Crippen LogP contribution < -0.4 is 15.6 Å². The van der Waals surface area contributed by atoms with Crippen molar-refractivity contribution in [2.24, 2.45) is 0 Å². The summed E-state index contributed by atoms with van der Waals surface area (Å²) >= 11 is 0. The molecule has 0 heterocycles. The van der Waals surface area contributed by atoms with Gasteiger partial charge >= 0.3 is 5.97 Å². The van der Waals surface area contributed by atoms with Crippen molar-refractivity contribution in [3.05, 3.63) is 29.8 Å². The van der Waals surface area contributed by atoms with Crippen molar-refractivity contribution >= 4 is 17.8 Å². The molecule has 0 aliphatic heterocycles. The van der Waals surface area contributed by atoms with Crippen LogP contribution in [0.4, 0.5) is 0 Å². The molecule has 2 amide bonds. The number of nitrogens with one attached hydrogen (secondary N) is 2. The Bertz CT molecular complexity index is 484. The van der Waals surface area contributed by atoms with Crippen LogP contribution in [0.1, 0.15) is 24.2 Å². The second kappa shape index (κ2) is 7.78. The molecule has 0 aliphatic carbocycles. The van der Waals surface area contributed by atoms with E-state index in [1.54, 1.807) is 24.3 Å². The van der Waals surface area contributed by atoms with Crippen LogP contribution >= 0.6 is 0 Å². The number of carbonyl (C=O) groups excluding carboxylic acids is 3. The highest BCUT2D eigenvalue weighted by Crippen LogP contribution is 2.12. The van der Waals surface area contributed by atoms with E-state index < -0.39 is 24.4 Å². The van der Waals surface area contributed by atoms with E-state index in [0.717, 1.165) is 0 Å². The van der Waals surface area contributed by atoms with E-state index in [2.05, 4.69) is 10.9 Å². The van der Waals surface area contributed by atoms with Crippen LogP contribution in [0, 0.1) is 0 Å². The Kier molecular flexibility index (Phi) is 6.02. The second-order valence-corrected chi connectivity index (χ2v) is 3.76. The molecular weight excluding hydrogens is 264 g/mol. The number of esters is 1. The molecule has 2 N–H and O–H groups in total. The first kappa shape index (κ1) is 15.5. The van der Waals surface area contributed by atoms with Gasteiger partial charge in [0.2, 0.25) is 5.91 Å². The van der Waals surface area contributed by atoms with Crippen LogP contribution in [-0.2, 0) is 14.3 Å². The number of amides is 2. The molecule has 0 fully saturated rings. The van der Waals surface area contributed by atoms with Gasteiger partial charge in [0, 0.05) is 6.92 Å². The Morgan fingerprint density at radius 3 is 2.30 bits per heavy atom. The maximum Gasteiger partial charge on any atom is 0.338 e. The van der Waals surface area contributed by atoms with Crippen molar-refractivity contribution in [2.45, 2.75) is 13.8 Å². The third kappa shape index (κ3) is 5.38. The summed E-state index contributed by atoms with van der Waals surface area (Å²) in [6, 6.07) is 6.35. The first-order chi connectivity index (χ1) is 9.52. The molecule has 0 aliphatic rings. The number of hydrogen-bond acceptors (Lipinski definition) is 5. The van der Waals surface area contributed by atoms with Gasteiger partial charge in [0.1, 0.15) is 5.75 Å². The SMILES string of the molecule is CCOc1ccc(C(=O)OCC(=O)NNC(C)=O)cc1. The van der Waals surface area contributed by atoms with Crippen LogP contribution in [0.5, 0.6) is 5.75 Å². The van der Waals surface area contributed by atoms with Gasteiger partial charge in [-0.05, 0) is 31.2 Å². The average molecular weight is 280 g/mol. The van der Waals surface area contributed by atoms with Crippen LogP contribution in [0.15, 0.2) is 24.3 Å². The summed E-state index contributed by atoms with van der Waals surface area (Å²) in [5.74, 6) is -1.03. The van der Waals surface area contributed by atoms with Crippen molar-refractivity contribution in [2.75, 3.05) is 13.2 Å². The second-order valence-electron chi connectivity index (χ2n) is 3.76. The molecule has 0 unspecified atom stereocenters. The zero-order chi connectivity index (χ0) is 15.0. The molecule has 1 rings (SSSR count). The molecule has 20 heavy (non-hydrogen) atoms. The van der Waals surface area contributed by atoms with E-state index in [0.29, 0.717) is 17.9 Å². The summed E-state index contributed by atoms with van der Waals surface area (Å²) in [6.07, 6.45) is 0. The Morgan fingerprint density at radius 1 is 1.10 bits per heavy atom. The molecule has 0 saturated heterocycles. The van der Waals surface area contributed by atoms with Crippen LogP contribution in [-0.4, -0.2) is 31.0 Å².